The number of benzene rings is 2. The highest BCUT2D eigenvalue weighted by Gasteiger charge is 2.42. The van der Waals surface area contributed by atoms with Crippen LogP contribution in [0.1, 0.15) is 27.7 Å². The summed E-state index contributed by atoms with van der Waals surface area (Å²) in [6.45, 7) is -0.349. The molecule has 2 heterocycles. The summed E-state index contributed by atoms with van der Waals surface area (Å²) in [5.41, 5.74) is 3.22. The first-order valence-corrected chi connectivity index (χ1v) is 8.27. The fourth-order valence-corrected chi connectivity index (χ4v) is 3.81. The first kappa shape index (κ1) is 16.2. The molecular weight excluding hydrogens is 332 g/mol. The molecule has 1 aromatic heterocycles. The van der Waals surface area contributed by atoms with E-state index in [1.807, 2.05) is 60.1 Å². The molecule has 0 radical (unpaired) electrons. The number of carboxylic acids is 1. The van der Waals surface area contributed by atoms with Gasteiger partial charge in [0.1, 0.15) is 18.0 Å². The number of ether oxygens (including phenoxy) is 1. The molecule has 6 heteroatoms. The van der Waals surface area contributed by atoms with Crippen LogP contribution in [0.5, 0.6) is 5.75 Å². The quantitative estimate of drug-likeness (QED) is 0.785. The Bertz CT molecular complexity index is 1020. The molecule has 0 bridgehead atoms. The molecule has 1 aliphatic heterocycles. The number of hydrogen-bond donors (Lipinski definition) is 1. The van der Waals surface area contributed by atoms with Gasteiger partial charge in [-0.3, -0.25) is 9.59 Å². The van der Waals surface area contributed by atoms with E-state index in [0.717, 1.165) is 22.0 Å². The molecule has 0 saturated heterocycles. The Hall–Kier alpha value is -3.28. The van der Waals surface area contributed by atoms with Crippen LogP contribution in [0.15, 0.2) is 48.5 Å². The van der Waals surface area contributed by atoms with Gasteiger partial charge in [0.15, 0.2) is 0 Å². The topological polar surface area (TPSA) is 71.8 Å². The van der Waals surface area contributed by atoms with Crippen LogP contribution >= 0.6 is 0 Å². The number of aryl methyl sites for hydroxylation is 1. The Labute approximate surface area is 150 Å². The average molecular weight is 350 g/mol. The van der Waals surface area contributed by atoms with Crippen molar-refractivity contribution < 1.29 is 19.4 Å². The van der Waals surface area contributed by atoms with Gasteiger partial charge in [0, 0.05) is 23.5 Å². The molecule has 132 valence electrons. The molecule has 0 spiro atoms. The Morgan fingerprint density at radius 2 is 1.85 bits per heavy atom. The summed E-state index contributed by atoms with van der Waals surface area (Å²) in [6, 6.07) is 14.8. The largest absolute Gasteiger partial charge is 0.497 e. The van der Waals surface area contributed by atoms with E-state index in [4.69, 9.17) is 4.74 Å². The number of para-hydroxylation sites is 1. The van der Waals surface area contributed by atoms with Crippen LogP contribution in [0.4, 0.5) is 0 Å². The Morgan fingerprint density at radius 1 is 1.15 bits per heavy atom. The van der Waals surface area contributed by atoms with Gasteiger partial charge in [-0.15, -0.1) is 0 Å². The summed E-state index contributed by atoms with van der Waals surface area (Å²) in [7, 11) is 3.43. The highest BCUT2D eigenvalue weighted by Crippen LogP contribution is 2.43. The number of fused-ring (bicyclic) bond motifs is 3. The third-order valence-electron chi connectivity index (χ3n) is 4.93. The van der Waals surface area contributed by atoms with Crippen molar-refractivity contribution in [3.8, 4) is 5.75 Å². The second kappa shape index (κ2) is 5.91. The lowest BCUT2D eigenvalue weighted by molar-refractivity contribution is -0.138. The summed E-state index contributed by atoms with van der Waals surface area (Å²) in [4.78, 5) is 25.8. The summed E-state index contributed by atoms with van der Waals surface area (Å²) in [5.74, 6) is -0.586. The summed E-state index contributed by atoms with van der Waals surface area (Å²) < 4.78 is 7.06. The van der Waals surface area contributed by atoms with Crippen LogP contribution in [-0.2, 0) is 11.8 Å². The van der Waals surface area contributed by atoms with Gasteiger partial charge >= 0.3 is 5.97 Å². The van der Waals surface area contributed by atoms with E-state index in [9.17, 15) is 14.7 Å². The monoisotopic (exact) mass is 350 g/mol. The molecule has 0 aliphatic carbocycles. The minimum Gasteiger partial charge on any atom is -0.497 e. The fraction of sp³-hybridized carbons (Fsp3) is 0.200. The van der Waals surface area contributed by atoms with Crippen LogP contribution in [-0.4, -0.2) is 40.1 Å². The van der Waals surface area contributed by atoms with Crippen molar-refractivity contribution in [2.75, 3.05) is 13.7 Å². The maximum atomic E-state index is 13.0. The molecule has 1 amide bonds. The van der Waals surface area contributed by atoms with E-state index in [2.05, 4.69) is 0 Å². The molecule has 0 saturated carbocycles. The number of carbonyl (C=O) groups is 2. The Morgan fingerprint density at radius 3 is 2.50 bits per heavy atom. The van der Waals surface area contributed by atoms with E-state index in [1.165, 1.54) is 4.90 Å². The minimum atomic E-state index is -1.03. The van der Waals surface area contributed by atoms with Crippen LogP contribution < -0.4 is 4.74 Å². The van der Waals surface area contributed by atoms with E-state index in [0.29, 0.717) is 11.4 Å². The molecule has 1 aliphatic rings. The number of aromatic nitrogens is 1. The predicted molar refractivity (Wildman–Crippen MR) is 96.4 cm³/mol. The van der Waals surface area contributed by atoms with Crippen LogP contribution in [0, 0.1) is 0 Å². The Balaban J connectivity index is 1.95. The lowest BCUT2D eigenvalue weighted by Gasteiger charge is -2.25. The number of amides is 1. The summed E-state index contributed by atoms with van der Waals surface area (Å²) in [5, 5.41) is 10.3. The first-order chi connectivity index (χ1) is 12.5. The van der Waals surface area contributed by atoms with Gasteiger partial charge < -0.3 is 19.3 Å². The minimum absolute atomic E-state index is 0.262. The molecule has 1 N–H and O–H groups in total. The number of aliphatic carboxylic acids is 1. The van der Waals surface area contributed by atoms with E-state index < -0.39 is 12.0 Å². The maximum absolute atomic E-state index is 13.0. The van der Waals surface area contributed by atoms with Gasteiger partial charge in [-0.05, 0) is 23.8 Å². The standard InChI is InChI=1S/C20H18N2O4/c1-21-15-6-4-3-5-14(15)17-18(12-7-9-13(26-2)10-8-12)22(11-16(23)24)20(25)19(17)21/h3-10,18H,11H2,1-2H3,(H,23,24)/t18-/m1/s1. The third kappa shape index (κ3) is 2.26. The van der Waals surface area contributed by atoms with Gasteiger partial charge in [-0.1, -0.05) is 30.3 Å². The first-order valence-electron chi connectivity index (χ1n) is 8.27. The van der Waals surface area contributed by atoms with E-state index >= 15 is 0 Å². The van der Waals surface area contributed by atoms with E-state index in [1.54, 1.807) is 7.11 Å². The summed E-state index contributed by atoms with van der Waals surface area (Å²) in [6.07, 6.45) is 0. The normalized spacial score (nSPS) is 16.2. The average Bonchev–Trinajstić information content (AvgIpc) is 3.09. The zero-order valence-electron chi connectivity index (χ0n) is 14.5. The second-order valence-corrected chi connectivity index (χ2v) is 6.34. The number of rotatable bonds is 4. The van der Waals surface area contributed by atoms with Crippen molar-refractivity contribution >= 4 is 22.8 Å². The lowest BCUT2D eigenvalue weighted by Crippen LogP contribution is -2.34. The molecule has 2 aromatic carbocycles. The molecule has 0 unspecified atom stereocenters. The van der Waals surface area contributed by atoms with Gasteiger partial charge in [-0.25, -0.2) is 0 Å². The lowest BCUT2D eigenvalue weighted by atomic mass is 9.98. The van der Waals surface area contributed by atoms with E-state index in [-0.39, 0.29) is 12.5 Å². The maximum Gasteiger partial charge on any atom is 0.323 e. The smallest absolute Gasteiger partial charge is 0.323 e. The van der Waals surface area contributed by atoms with Crippen molar-refractivity contribution in [3.05, 3.63) is 65.4 Å². The van der Waals surface area contributed by atoms with Crippen LogP contribution in [0.3, 0.4) is 0 Å². The number of carboxylic acid groups (broad SMARTS) is 1. The van der Waals surface area contributed by atoms with Gasteiger partial charge in [0.05, 0.1) is 13.2 Å². The third-order valence-corrected chi connectivity index (χ3v) is 4.93. The number of hydrogen-bond acceptors (Lipinski definition) is 3. The van der Waals surface area contributed by atoms with Crippen molar-refractivity contribution in [1.82, 2.24) is 9.47 Å². The highest BCUT2D eigenvalue weighted by molar-refractivity contribution is 6.06. The molecule has 26 heavy (non-hydrogen) atoms. The van der Waals surface area contributed by atoms with Crippen molar-refractivity contribution in [3.63, 3.8) is 0 Å². The van der Waals surface area contributed by atoms with Crippen LogP contribution in [0.2, 0.25) is 0 Å². The fourth-order valence-electron chi connectivity index (χ4n) is 3.81. The van der Waals surface area contributed by atoms with Crippen LogP contribution in [0.25, 0.3) is 10.9 Å². The molecule has 4 rings (SSSR count). The molecule has 6 nitrogen and oxygen atoms in total. The highest BCUT2D eigenvalue weighted by atomic mass is 16.5. The van der Waals surface area contributed by atoms with Gasteiger partial charge in [-0.2, -0.15) is 0 Å². The Kier molecular flexibility index (Phi) is 3.68. The SMILES string of the molecule is COc1ccc([C@@H]2c3c(n(C)c4ccccc34)C(=O)N2CC(=O)O)cc1. The van der Waals surface area contributed by atoms with Gasteiger partial charge in [0.2, 0.25) is 0 Å². The van der Waals surface area contributed by atoms with Gasteiger partial charge in [0.25, 0.3) is 5.91 Å². The van der Waals surface area contributed by atoms with Crippen molar-refractivity contribution in [1.29, 1.82) is 0 Å². The zero-order valence-corrected chi connectivity index (χ0v) is 14.5. The zero-order chi connectivity index (χ0) is 18.4. The number of methoxy groups -OCH3 is 1. The predicted octanol–water partition coefficient (Wildman–Crippen LogP) is 2.82. The summed E-state index contributed by atoms with van der Waals surface area (Å²) >= 11 is 0. The number of nitrogens with zero attached hydrogens (tertiary/aromatic N) is 2. The van der Waals surface area contributed by atoms with Crippen molar-refractivity contribution in [2.45, 2.75) is 6.04 Å². The van der Waals surface area contributed by atoms with Crippen molar-refractivity contribution in [2.24, 2.45) is 7.05 Å². The number of carbonyl (C=O) groups excluding carboxylic acids is 1. The molecular formula is C20H18N2O4. The molecule has 0 fully saturated rings. The molecule has 3 aromatic rings. The molecule has 1 atom stereocenters. The second-order valence-electron chi connectivity index (χ2n) is 6.34.